The van der Waals surface area contributed by atoms with Crippen LogP contribution in [0.15, 0.2) is 36.7 Å². The predicted octanol–water partition coefficient (Wildman–Crippen LogP) is 0.690. The van der Waals surface area contributed by atoms with Crippen molar-refractivity contribution >= 4 is 5.91 Å². The van der Waals surface area contributed by atoms with Crippen LogP contribution in [0.1, 0.15) is 35.2 Å². The summed E-state index contributed by atoms with van der Waals surface area (Å²) in [6, 6.07) is 7.62. The van der Waals surface area contributed by atoms with E-state index in [-0.39, 0.29) is 17.0 Å². The predicted molar refractivity (Wildman–Crippen MR) is 76.5 cm³/mol. The molecule has 6 nitrogen and oxygen atoms in total. The molecule has 1 aromatic heterocycles. The standard InChI is InChI=1S/C15H17N5O/c16-14-8-15(9-14,10-14)18-13(21)12-3-1-2-11(6-12)7-20-5-4-17-19-20/h1-6H,7-10,16H2,(H,18,21). The van der Waals surface area contributed by atoms with Crippen LogP contribution < -0.4 is 11.1 Å². The number of carbonyl (C=O) groups excluding carboxylic acids is 1. The Morgan fingerprint density at radius 3 is 2.86 bits per heavy atom. The molecule has 1 heterocycles. The molecular formula is C15H17N5O. The Bertz CT molecular complexity index is 674. The van der Waals surface area contributed by atoms with E-state index in [0.717, 1.165) is 24.8 Å². The van der Waals surface area contributed by atoms with Gasteiger partial charge in [0.25, 0.3) is 5.91 Å². The first-order chi connectivity index (χ1) is 10.1. The van der Waals surface area contributed by atoms with Gasteiger partial charge in [0.1, 0.15) is 0 Å². The topological polar surface area (TPSA) is 85.8 Å². The van der Waals surface area contributed by atoms with E-state index in [9.17, 15) is 4.79 Å². The first kappa shape index (κ1) is 12.5. The van der Waals surface area contributed by atoms with Gasteiger partial charge in [-0.3, -0.25) is 4.79 Å². The molecule has 1 amide bonds. The number of hydrogen-bond acceptors (Lipinski definition) is 4. The second-order valence-electron chi connectivity index (χ2n) is 6.43. The van der Waals surface area contributed by atoms with E-state index in [1.54, 1.807) is 17.1 Å². The van der Waals surface area contributed by atoms with Crippen molar-refractivity contribution in [3.8, 4) is 0 Å². The van der Waals surface area contributed by atoms with Gasteiger partial charge in [-0.2, -0.15) is 0 Å². The van der Waals surface area contributed by atoms with Crippen LogP contribution in [-0.2, 0) is 6.54 Å². The van der Waals surface area contributed by atoms with Crippen molar-refractivity contribution in [1.82, 2.24) is 20.3 Å². The van der Waals surface area contributed by atoms with Gasteiger partial charge < -0.3 is 11.1 Å². The minimum absolute atomic E-state index is 0.00220. The third-order valence-electron chi connectivity index (χ3n) is 4.46. The molecule has 0 spiro atoms. The Hall–Kier alpha value is -2.21. The molecule has 3 aliphatic rings. The molecule has 3 N–H and O–H groups in total. The zero-order valence-electron chi connectivity index (χ0n) is 11.6. The Kier molecular flexibility index (Phi) is 2.47. The van der Waals surface area contributed by atoms with Crippen molar-refractivity contribution in [2.45, 2.75) is 36.9 Å². The summed E-state index contributed by atoms with van der Waals surface area (Å²) < 4.78 is 1.73. The summed E-state index contributed by atoms with van der Waals surface area (Å²) in [5.41, 5.74) is 7.70. The average Bonchev–Trinajstić information content (AvgIpc) is 2.89. The summed E-state index contributed by atoms with van der Waals surface area (Å²) in [6.07, 6.45) is 6.16. The third kappa shape index (κ3) is 2.12. The smallest absolute Gasteiger partial charge is 0.251 e. The van der Waals surface area contributed by atoms with E-state index < -0.39 is 0 Å². The summed E-state index contributed by atoms with van der Waals surface area (Å²) in [5, 5.41) is 10.8. The fourth-order valence-electron chi connectivity index (χ4n) is 3.63. The highest BCUT2D eigenvalue weighted by Crippen LogP contribution is 2.58. The molecule has 3 saturated carbocycles. The highest BCUT2D eigenvalue weighted by atomic mass is 16.1. The molecule has 1 aromatic carbocycles. The van der Waals surface area contributed by atoms with E-state index in [1.807, 2.05) is 24.3 Å². The van der Waals surface area contributed by atoms with Crippen LogP contribution in [0.2, 0.25) is 0 Å². The van der Waals surface area contributed by atoms with Crippen molar-refractivity contribution in [2.24, 2.45) is 5.73 Å². The van der Waals surface area contributed by atoms with Gasteiger partial charge in [0.15, 0.2) is 0 Å². The molecule has 5 rings (SSSR count). The average molecular weight is 283 g/mol. The second kappa shape index (κ2) is 4.14. The number of aromatic nitrogens is 3. The number of benzene rings is 1. The maximum atomic E-state index is 12.4. The monoisotopic (exact) mass is 283 g/mol. The normalized spacial score (nSPS) is 29.4. The lowest BCUT2D eigenvalue weighted by Gasteiger charge is -2.68. The summed E-state index contributed by atoms with van der Waals surface area (Å²) in [6.45, 7) is 0.609. The molecule has 21 heavy (non-hydrogen) atoms. The minimum Gasteiger partial charge on any atom is -0.346 e. The van der Waals surface area contributed by atoms with E-state index in [4.69, 9.17) is 5.73 Å². The van der Waals surface area contributed by atoms with Crippen LogP contribution in [0, 0.1) is 0 Å². The largest absolute Gasteiger partial charge is 0.346 e. The van der Waals surface area contributed by atoms with Crippen LogP contribution in [0.3, 0.4) is 0 Å². The molecule has 2 aromatic rings. The van der Waals surface area contributed by atoms with E-state index in [2.05, 4.69) is 15.6 Å². The fourth-order valence-corrected chi connectivity index (χ4v) is 3.63. The highest BCUT2D eigenvalue weighted by molar-refractivity contribution is 5.95. The zero-order chi connectivity index (χ0) is 14.5. The van der Waals surface area contributed by atoms with Crippen molar-refractivity contribution in [3.05, 3.63) is 47.8 Å². The van der Waals surface area contributed by atoms with Gasteiger partial charge in [0.2, 0.25) is 0 Å². The molecule has 2 bridgehead atoms. The van der Waals surface area contributed by atoms with Gasteiger partial charge >= 0.3 is 0 Å². The Labute approximate surface area is 122 Å². The van der Waals surface area contributed by atoms with E-state index in [1.165, 1.54) is 0 Å². The molecule has 3 fully saturated rings. The van der Waals surface area contributed by atoms with Crippen molar-refractivity contribution in [1.29, 1.82) is 0 Å². The van der Waals surface area contributed by atoms with Crippen LogP contribution in [-0.4, -0.2) is 32.0 Å². The first-order valence-corrected chi connectivity index (χ1v) is 7.10. The Balaban J connectivity index is 1.46. The first-order valence-electron chi connectivity index (χ1n) is 7.10. The fraction of sp³-hybridized carbons (Fsp3) is 0.400. The molecule has 108 valence electrons. The van der Waals surface area contributed by atoms with Gasteiger partial charge in [-0.1, -0.05) is 17.3 Å². The van der Waals surface area contributed by atoms with Crippen LogP contribution >= 0.6 is 0 Å². The molecule has 0 saturated heterocycles. The highest BCUT2D eigenvalue weighted by Gasteiger charge is 2.66. The Morgan fingerprint density at radius 1 is 1.38 bits per heavy atom. The second-order valence-corrected chi connectivity index (χ2v) is 6.43. The van der Waals surface area contributed by atoms with Crippen LogP contribution in [0.25, 0.3) is 0 Å². The van der Waals surface area contributed by atoms with E-state index in [0.29, 0.717) is 12.1 Å². The molecule has 6 heteroatoms. The molecule has 0 atom stereocenters. The van der Waals surface area contributed by atoms with Crippen molar-refractivity contribution < 1.29 is 4.79 Å². The summed E-state index contributed by atoms with van der Waals surface area (Å²) >= 11 is 0. The maximum Gasteiger partial charge on any atom is 0.251 e. The lowest BCUT2D eigenvalue weighted by Crippen LogP contribution is -2.82. The number of nitrogens with two attached hydrogens (primary N) is 1. The lowest BCUT2D eigenvalue weighted by molar-refractivity contribution is -0.0712. The van der Waals surface area contributed by atoms with Crippen molar-refractivity contribution in [2.75, 3.05) is 0 Å². The minimum atomic E-state index is -0.0340. The third-order valence-corrected chi connectivity index (χ3v) is 4.46. The van der Waals surface area contributed by atoms with Gasteiger partial charge in [0, 0.05) is 22.8 Å². The van der Waals surface area contributed by atoms with Gasteiger partial charge in [-0.15, -0.1) is 5.10 Å². The molecule has 0 unspecified atom stereocenters. The Morgan fingerprint density at radius 2 is 2.19 bits per heavy atom. The molecular weight excluding hydrogens is 266 g/mol. The maximum absolute atomic E-state index is 12.4. The summed E-state index contributed by atoms with van der Waals surface area (Å²) in [5.74, 6) is -0.0165. The quantitative estimate of drug-likeness (QED) is 0.864. The van der Waals surface area contributed by atoms with Crippen LogP contribution in [0.5, 0.6) is 0 Å². The zero-order valence-corrected chi connectivity index (χ0v) is 11.6. The molecule has 3 aliphatic carbocycles. The molecule has 0 aliphatic heterocycles. The van der Waals surface area contributed by atoms with Gasteiger partial charge in [0.05, 0.1) is 12.7 Å². The number of amides is 1. The lowest BCUT2D eigenvalue weighted by atomic mass is 9.44. The van der Waals surface area contributed by atoms with Gasteiger partial charge in [-0.25, -0.2) is 4.68 Å². The summed E-state index contributed by atoms with van der Waals surface area (Å²) in [4.78, 5) is 12.4. The number of nitrogens with zero attached hydrogens (tertiary/aromatic N) is 3. The SMILES string of the molecule is NC12CC(NC(=O)c3cccc(Cn4ccnn4)c3)(C1)C2. The summed E-state index contributed by atoms with van der Waals surface area (Å²) in [7, 11) is 0. The van der Waals surface area contributed by atoms with E-state index >= 15 is 0 Å². The van der Waals surface area contributed by atoms with Crippen molar-refractivity contribution in [3.63, 3.8) is 0 Å². The number of rotatable bonds is 4. The van der Waals surface area contributed by atoms with Gasteiger partial charge in [-0.05, 0) is 37.0 Å². The number of nitrogens with one attached hydrogen (secondary N) is 1. The van der Waals surface area contributed by atoms with Crippen LogP contribution in [0.4, 0.5) is 0 Å². The number of hydrogen-bond donors (Lipinski definition) is 2. The number of carbonyl (C=O) groups is 1. The molecule has 0 radical (unpaired) electrons.